The topological polar surface area (TPSA) is 3.88 Å². The highest BCUT2D eigenvalue weighted by Gasteiger charge is 2.20. The molecule has 4 rings (SSSR count). The van der Waals surface area contributed by atoms with Gasteiger partial charge in [-0.05, 0) is 59.0 Å². The molecular weight excluding hydrogens is 350 g/mol. The first-order valence-corrected chi connectivity index (χ1v) is 10.4. The highest BCUT2D eigenvalue weighted by molar-refractivity contribution is 5.95. The van der Waals surface area contributed by atoms with Crippen molar-refractivity contribution in [2.24, 2.45) is 13.0 Å². The summed E-state index contributed by atoms with van der Waals surface area (Å²) in [5.41, 5.74) is 8.39. The Morgan fingerprint density at radius 1 is 0.897 bits per heavy atom. The predicted octanol–water partition coefficient (Wildman–Crippen LogP) is 6.81. The van der Waals surface area contributed by atoms with Gasteiger partial charge in [0.25, 0.3) is 0 Å². The Morgan fingerprint density at radius 2 is 1.66 bits per heavy atom. The summed E-state index contributed by atoms with van der Waals surface area (Å²) in [7, 11) is 2.08. The number of benzene rings is 3. The van der Waals surface area contributed by atoms with Gasteiger partial charge in [-0.25, -0.2) is 0 Å². The van der Waals surface area contributed by atoms with Crippen LogP contribution in [0.25, 0.3) is 33.2 Å². The van der Waals surface area contributed by atoms with E-state index in [2.05, 4.69) is 106 Å². The van der Waals surface area contributed by atoms with E-state index in [0.29, 0.717) is 12.0 Å². The van der Waals surface area contributed by atoms with Gasteiger partial charge in [0.05, 0.1) is 12.3 Å². The summed E-state index contributed by atoms with van der Waals surface area (Å²) >= 11 is 0. The van der Waals surface area contributed by atoms with Gasteiger partial charge in [0.2, 0.25) is 5.69 Å². The van der Waals surface area contributed by atoms with Crippen LogP contribution in [0.1, 0.15) is 32.0 Å². The molecule has 0 aliphatic carbocycles. The van der Waals surface area contributed by atoms with Crippen LogP contribution in [0.4, 0.5) is 0 Å². The molecule has 4 aromatic rings. The van der Waals surface area contributed by atoms with Crippen molar-refractivity contribution < 1.29 is 5.94 Å². The van der Waals surface area contributed by atoms with Crippen molar-refractivity contribution in [2.75, 3.05) is 0 Å². The lowest BCUT2D eigenvalue weighted by atomic mass is 9.93. The van der Waals surface area contributed by atoms with Crippen LogP contribution in [0.2, 0.25) is 0 Å². The van der Waals surface area contributed by atoms with Crippen LogP contribution < -0.4 is 4.57 Å². The van der Waals surface area contributed by atoms with Gasteiger partial charge in [-0.1, -0.05) is 68.4 Å². The van der Waals surface area contributed by atoms with Gasteiger partial charge in [-0.3, -0.25) is 0 Å². The van der Waals surface area contributed by atoms with E-state index in [1.165, 1.54) is 33.5 Å². The quantitative estimate of drug-likeness (QED) is 0.342. The first-order valence-electron chi connectivity index (χ1n) is 10.9. The van der Waals surface area contributed by atoms with E-state index in [-0.39, 0.29) is 0 Å². The Labute approximate surface area is 176 Å². The Kier molecular flexibility index (Phi) is 4.89. The molecule has 0 atom stereocenters. The monoisotopic (exact) mass is 381 g/mol. The molecule has 0 spiro atoms. The first-order chi connectivity index (χ1) is 14.4. The first kappa shape index (κ1) is 18.1. The summed E-state index contributed by atoms with van der Waals surface area (Å²) in [4.78, 5) is 0. The third kappa shape index (κ3) is 3.82. The maximum absolute atomic E-state index is 8.78. The van der Waals surface area contributed by atoms with Crippen molar-refractivity contribution in [3.05, 3.63) is 89.6 Å². The number of hydrogen-bond donors (Lipinski definition) is 0. The molecule has 0 aliphatic heterocycles. The molecule has 1 heteroatoms. The molecule has 0 N–H and O–H groups in total. The van der Waals surface area contributed by atoms with Crippen molar-refractivity contribution in [1.82, 2.24) is 0 Å². The van der Waals surface area contributed by atoms with Crippen LogP contribution in [0.3, 0.4) is 0 Å². The molecule has 0 radical (unpaired) electrons. The molecule has 3 aromatic carbocycles. The summed E-state index contributed by atoms with van der Waals surface area (Å²) in [6.07, 6.45) is 1.04. The third-order valence-electron chi connectivity index (χ3n) is 5.74. The molecule has 29 heavy (non-hydrogen) atoms. The summed E-state index contributed by atoms with van der Waals surface area (Å²) in [5.74, 6) is 0.599. The predicted molar refractivity (Wildman–Crippen MR) is 124 cm³/mol. The normalized spacial score (nSPS) is 11.9. The minimum Gasteiger partial charge on any atom is -0.198 e. The lowest BCUT2D eigenvalue weighted by Crippen LogP contribution is -2.35. The minimum absolute atomic E-state index is 0.599. The number of nitrogens with zero attached hydrogens (tertiary/aromatic N) is 1. The molecule has 0 aliphatic rings. The van der Waals surface area contributed by atoms with Crippen LogP contribution in [0.5, 0.6) is 0 Å². The average Bonchev–Trinajstić information content (AvgIpc) is 2.74. The summed E-state index contributed by atoms with van der Waals surface area (Å²) in [6, 6.07) is 24.5. The smallest absolute Gasteiger partial charge is 0.198 e. The van der Waals surface area contributed by atoms with Crippen LogP contribution >= 0.6 is 0 Å². The summed E-state index contributed by atoms with van der Waals surface area (Å²) < 4.78 is 11.0. The second-order valence-corrected chi connectivity index (χ2v) is 8.49. The van der Waals surface area contributed by atoms with Crippen molar-refractivity contribution in [1.29, 1.82) is 0 Å². The number of hydrogen-bond acceptors (Lipinski definition) is 0. The zero-order valence-corrected chi connectivity index (χ0v) is 18.1. The SMILES string of the molecule is [2H]c1c(C)[n+](C)c(-c2cc(-c3ccccc3)ccc2C)c2ccc(CC(C)C)cc12. The lowest BCUT2D eigenvalue weighted by Gasteiger charge is -2.13. The lowest BCUT2D eigenvalue weighted by molar-refractivity contribution is -0.665. The molecule has 1 nitrogen and oxygen atoms in total. The van der Waals surface area contributed by atoms with E-state index >= 15 is 0 Å². The largest absolute Gasteiger partial charge is 0.220 e. The molecule has 0 saturated carbocycles. The van der Waals surface area contributed by atoms with Crippen LogP contribution in [-0.4, -0.2) is 0 Å². The Hall–Kier alpha value is -2.93. The average molecular weight is 382 g/mol. The standard InChI is InChI=1S/C28H30N/c1-19(2)15-22-12-14-26-25(17-22)16-21(4)29(5)28(26)27-18-24(13-11-20(27)3)23-9-7-6-8-10-23/h6-14,16-19H,15H2,1-5H3/q+1/i16D. The van der Waals surface area contributed by atoms with E-state index in [1.54, 1.807) is 0 Å². The van der Waals surface area contributed by atoms with E-state index in [9.17, 15) is 0 Å². The molecule has 1 aromatic heterocycles. The van der Waals surface area contributed by atoms with Gasteiger partial charge in [0, 0.05) is 13.0 Å². The summed E-state index contributed by atoms with van der Waals surface area (Å²) in [6.45, 7) is 8.71. The second-order valence-electron chi connectivity index (χ2n) is 8.49. The van der Waals surface area contributed by atoms with Gasteiger partial charge in [-0.15, -0.1) is 0 Å². The molecular formula is C28H30N+. The number of aryl methyl sites for hydroxylation is 1. The molecule has 146 valence electrons. The highest BCUT2D eigenvalue weighted by atomic mass is 14.9. The number of rotatable bonds is 4. The van der Waals surface area contributed by atoms with E-state index < -0.39 is 0 Å². The molecule has 0 saturated heterocycles. The van der Waals surface area contributed by atoms with E-state index in [4.69, 9.17) is 1.37 Å². The highest BCUT2D eigenvalue weighted by Crippen LogP contribution is 2.33. The Morgan fingerprint density at radius 3 is 2.38 bits per heavy atom. The molecule has 0 unspecified atom stereocenters. The zero-order chi connectivity index (χ0) is 21.4. The molecule has 1 heterocycles. The fraction of sp³-hybridized carbons (Fsp3) is 0.250. The molecule has 0 amide bonds. The maximum atomic E-state index is 8.78. The van der Waals surface area contributed by atoms with Gasteiger partial charge in [0.1, 0.15) is 7.05 Å². The van der Waals surface area contributed by atoms with Gasteiger partial charge < -0.3 is 0 Å². The number of pyridine rings is 1. The van der Waals surface area contributed by atoms with E-state index in [0.717, 1.165) is 22.9 Å². The number of fused-ring (bicyclic) bond motifs is 1. The van der Waals surface area contributed by atoms with Gasteiger partial charge in [0.15, 0.2) is 5.69 Å². The number of aromatic nitrogens is 1. The minimum atomic E-state index is 0.599. The molecule has 0 bridgehead atoms. The maximum Gasteiger partial charge on any atom is 0.220 e. The van der Waals surface area contributed by atoms with E-state index in [1.807, 2.05) is 0 Å². The Balaban J connectivity index is 1.99. The van der Waals surface area contributed by atoms with Crippen molar-refractivity contribution in [3.63, 3.8) is 0 Å². The van der Waals surface area contributed by atoms with Crippen molar-refractivity contribution in [2.45, 2.75) is 34.1 Å². The zero-order valence-electron chi connectivity index (χ0n) is 19.1. The van der Waals surface area contributed by atoms with Gasteiger partial charge >= 0.3 is 0 Å². The molecule has 0 fully saturated rings. The van der Waals surface area contributed by atoms with Crippen LogP contribution in [0.15, 0.2) is 72.8 Å². The van der Waals surface area contributed by atoms with Crippen LogP contribution in [-0.2, 0) is 13.5 Å². The fourth-order valence-corrected chi connectivity index (χ4v) is 4.14. The van der Waals surface area contributed by atoms with Gasteiger partial charge in [-0.2, -0.15) is 4.57 Å². The van der Waals surface area contributed by atoms with Crippen LogP contribution in [0, 0.1) is 19.8 Å². The summed E-state index contributed by atoms with van der Waals surface area (Å²) in [5, 5.41) is 2.19. The third-order valence-corrected chi connectivity index (χ3v) is 5.74. The van der Waals surface area contributed by atoms with Crippen molar-refractivity contribution >= 4 is 10.8 Å². The fourth-order valence-electron chi connectivity index (χ4n) is 4.14. The van der Waals surface area contributed by atoms with Crippen molar-refractivity contribution in [3.8, 4) is 22.4 Å². The Bertz CT molecular complexity index is 1220. The second kappa shape index (κ2) is 7.83.